The van der Waals surface area contributed by atoms with Crippen molar-refractivity contribution in [3.05, 3.63) is 0 Å². The van der Waals surface area contributed by atoms with Gasteiger partial charge in [0.25, 0.3) is 0 Å². The molecule has 4 N–H and O–H groups in total. The number of nitrogens with two attached hydrogens (primary N) is 2. The van der Waals surface area contributed by atoms with Gasteiger partial charge in [0.1, 0.15) is 0 Å². The predicted molar refractivity (Wildman–Crippen MR) is 48.2 cm³/mol. The quantitative estimate of drug-likeness (QED) is 0.632. The van der Waals surface area contributed by atoms with Crippen molar-refractivity contribution in [3.8, 4) is 0 Å². The lowest BCUT2D eigenvalue weighted by Gasteiger charge is -2.33. The van der Waals surface area contributed by atoms with Crippen LogP contribution in [-0.2, 0) is 0 Å². The van der Waals surface area contributed by atoms with Gasteiger partial charge in [-0.15, -0.1) is 0 Å². The average molecular weight is 156 g/mol. The molecule has 0 aliphatic heterocycles. The lowest BCUT2D eigenvalue weighted by molar-refractivity contribution is 0.290. The molecule has 1 atom stereocenters. The number of hydrogen-bond acceptors (Lipinski definition) is 2. The summed E-state index contributed by atoms with van der Waals surface area (Å²) in [4.78, 5) is 0. The highest BCUT2D eigenvalue weighted by Crippen LogP contribution is 2.31. The Labute approximate surface area is 69.3 Å². The Morgan fingerprint density at radius 2 is 1.64 bits per heavy atom. The second kappa shape index (κ2) is 3.11. The Bertz CT molecular complexity index is 126. The van der Waals surface area contributed by atoms with Gasteiger partial charge in [-0.1, -0.05) is 26.7 Å². The topological polar surface area (TPSA) is 52.0 Å². The zero-order valence-electron chi connectivity index (χ0n) is 7.64. The van der Waals surface area contributed by atoms with E-state index in [1.165, 1.54) is 12.8 Å². The van der Waals surface area contributed by atoms with Crippen LogP contribution in [0.5, 0.6) is 0 Å². The zero-order valence-corrected chi connectivity index (χ0v) is 7.64. The zero-order chi connectivity index (χ0) is 8.48. The summed E-state index contributed by atoms with van der Waals surface area (Å²) in [5.41, 5.74) is 12.2. The Morgan fingerprint density at radius 3 is 2.00 bits per heavy atom. The number of hydrogen-bond donors (Lipinski definition) is 2. The molecule has 0 bridgehead atoms. The van der Waals surface area contributed by atoms with Gasteiger partial charge in [0.05, 0.1) is 0 Å². The summed E-state index contributed by atoms with van der Waals surface area (Å²) in [6.07, 6.45) is 4.76. The van der Waals surface area contributed by atoms with Gasteiger partial charge in [-0.25, -0.2) is 0 Å². The van der Waals surface area contributed by atoms with E-state index >= 15 is 0 Å². The molecule has 0 aromatic rings. The monoisotopic (exact) mass is 156 g/mol. The Balaban J connectivity index is 2.56. The molecule has 0 aromatic heterocycles. The second-order valence-corrected chi connectivity index (χ2v) is 4.21. The molecule has 0 heterocycles. The standard InChI is InChI=1S/C9H20N2/c1-7(2)8(10)9(11)5-3-4-6-9/h7-8H,3-6,10-11H2,1-2H3. The minimum Gasteiger partial charge on any atom is -0.326 e. The van der Waals surface area contributed by atoms with E-state index in [9.17, 15) is 0 Å². The summed E-state index contributed by atoms with van der Waals surface area (Å²) in [5, 5.41) is 0. The van der Waals surface area contributed by atoms with Crippen LogP contribution in [0.25, 0.3) is 0 Å². The van der Waals surface area contributed by atoms with Crippen molar-refractivity contribution >= 4 is 0 Å². The van der Waals surface area contributed by atoms with Crippen LogP contribution in [0, 0.1) is 5.92 Å². The van der Waals surface area contributed by atoms with E-state index in [0.29, 0.717) is 5.92 Å². The third kappa shape index (κ3) is 1.74. The van der Waals surface area contributed by atoms with Crippen LogP contribution in [0.1, 0.15) is 39.5 Å². The largest absolute Gasteiger partial charge is 0.326 e. The van der Waals surface area contributed by atoms with Crippen LogP contribution in [0.3, 0.4) is 0 Å². The maximum atomic E-state index is 6.18. The average Bonchev–Trinajstić information content (AvgIpc) is 2.35. The molecule has 0 saturated heterocycles. The summed E-state index contributed by atoms with van der Waals surface area (Å²) >= 11 is 0. The highest BCUT2D eigenvalue weighted by molar-refractivity contribution is 4.98. The fourth-order valence-electron chi connectivity index (χ4n) is 2.03. The van der Waals surface area contributed by atoms with Gasteiger partial charge < -0.3 is 11.5 Å². The van der Waals surface area contributed by atoms with E-state index in [0.717, 1.165) is 12.8 Å². The highest BCUT2D eigenvalue weighted by Gasteiger charge is 2.36. The highest BCUT2D eigenvalue weighted by atomic mass is 14.9. The van der Waals surface area contributed by atoms with Gasteiger partial charge in [0, 0.05) is 11.6 Å². The van der Waals surface area contributed by atoms with Gasteiger partial charge in [0.15, 0.2) is 0 Å². The summed E-state index contributed by atoms with van der Waals surface area (Å²) in [5.74, 6) is 0.512. The summed E-state index contributed by atoms with van der Waals surface area (Å²) in [6, 6.07) is 0.185. The van der Waals surface area contributed by atoms with Crippen LogP contribution in [0.2, 0.25) is 0 Å². The molecule has 0 spiro atoms. The Hall–Kier alpha value is -0.0800. The normalized spacial score (nSPS) is 25.9. The molecule has 2 nitrogen and oxygen atoms in total. The molecule has 1 saturated carbocycles. The minimum atomic E-state index is -0.0475. The van der Waals surface area contributed by atoms with Crippen LogP contribution in [0.4, 0.5) is 0 Å². The van der Waals surface area contributed by atoms with Crippen LogP contribution >= 0.6 is 0 Å². The lowest BCUT2D eigenvalue weighted by atomic mass is 9.83. The van der Waals surface area contributed by atoms with E-state index in [1.807, 2.05) is 0 Å². The molecule has 0 aromatic carbocycles. The second-order valence-electron chi connectivity index (χ2n) is 4.21. The third-order valence-electron chi connectivity index (χ3n) is 2.92. The molecule has 0 amide bonds. The van der Waals surface area contributed by atoms with Crippen molar-refractivity contribution in [3.63, 3.8) is 0 Å². The fourth-order valence-corrected chi connectivity index (χ4v) is 2.03. The van der Waals surface area contributed by atoms with Gasteiger partial charge in [-0.05, 0) is 18.8 Å². The molecule has 0 radical (unpaired) electrons. The lowest BCUT2D eigenvalue weighted by Crippen LogP contribution is -2.55. The third-order valence-corrected chi connectivity index (χ3v) is 2.92. The molecular weight excluding hydrogens is 136 g/mol. The van der Waals surface area contributed by atoms with Gasteiger partial charge in [0.2, 0.25) is 0 Å². The summed E-state index contributed by atoms with van der Waals surface area (Å²) in [6.45, 7) is 4.30. The molecule has 66 valence electrons. The van der Waals surface area contributed by atoms with Crippen LogP contribution in [-0.4, -0.2) is 11.6 Å². The first-order valence-corrected chi connectivity index (χ1v) is 4.61. The molecule has 2 heteroatoms. The van der Waals surface area contributed by atoms with Crippen molar-refractivity contribution in [1.82, 2.24) is 0 Å². The minimum absolute atomic E-state index is 0.0475. The number of rotatable bonds is 2. The van der Waals surface area contributed by atoms with Crippen LogP contribution in [0.15, 0.2) is 0 Å². The van der Waals surface area contributed by atoms with Crippen molar-refractivity contribution in [2.45, 2.75) is 51.1 Å². The van der Waals surface area contributed by atoms with Crippen LogP contribution < -0.4 is 11.5 Å². The smallest absolute Gasteiger partial charge is 0.0310 e. The first kappa shape index (κ1) is 9.01. The maximum Gasteiger partial charge on any atom is 0.0310 e. The Kier molecular flexibility index (Phi) is 2.55. The van der Waals surface area contributed by atoms with Crippen molar-refractivity contribution in [1.29, 1.82) is 0 Å². The van der Waals surface area contributed by atoms with Crippen molar-refractivity contribution in [2.75, 3.05) is 0 Å². The molecule has 1 fully saturated rings. The molecular formula is C9H20N2. The van der Waals surface area contributed by atoms with Crippen molar-refractivity contribution < 1.29 is 0 Å². The van der Waals surface area contributed by atoms with E-state index in [2.05, 4.69) is 13.8 Å². The Morgan fingerprint density at radius 1 is 1.18 bits per heavy atom. The molecule has 1 unspecified atom stereocenters. The van der Waals surface area contributed by atoms with E-state index in [1.54, 1.807) is 0 Å². The van der Waals surface area contributed by atoms with Crippen molar-refractivity contribution in [2.24, 2.45) is 17.4 Å². The van der Waals surface area contributed by atoms with Gasteiger partial charge in [-0.2, -0.15) is 0 Å². The predicted octanol–water partition coefficient (Wildman–Crippen LogP) is 1.24. The summed E-state index contributed by atoms with van der Waals surface area (Å²) in [7, 11) is 0. The van der Waals surface area contributed by atoms with Gasteiger partial charge >= 0.3 is 0 Å². The molecule has 11 heavy (non-hydrogen) atoms. The van der Waals surface area contributed by atoms with E-state index in [-0.39, 0.29) is 11.6 Å². The van der Waals surface area contributed by atoms with Gasteiger partial charge in [-0.3, -0.25) is 0 Å². The first-order chi connectivity index (χ1) is 5.06. The fraction of sp³-hybridized carbons (Fsp3) is 1.00. The molecule has 1 aliphatic rings. The maximum absolute atomic E-state index is 6.18. The SMILES string of the molecule is CC(C)C(N)C1(N)CCCC1. The first-order valence-electron chi connectivity index (χ1n) is 4.61. The molecule has 1 aliphatic carbocycles. The summed E-state index contributed by atoms with van der Waals surface area (Å²) < 4.78 is 0. The van der Waals surface area contributed by atoms with E-state index in [4.69, 9.17) is 11.5 Å². The van der Waals surface area contributed by atoms with E-state index < -0.39 is 0 Å². The molecule has 1 rings (SSSR count).